The Morgan fingerprint density at radius 2 is 1.97 bits per heavy atom. The van der Waals surface area contributed by atoms with Crippen molar-refractivity contribution < 1.29 is 37.0 Å². The lowest BCUT2D eigenvalue weighted by Gasteiger charge is -2.26. The average molecular weight is 535 g/mol. The predicted octanol–water partition coefficient (Wildman–Crippen LogP) is -1.11. The van der Waals surface area contributed by atoms with Gasteiger partial charge in [0.15, 0.2) is 11.6 Å². The van der Waals surface area contributed by atoms with Crippen molar-refractivity contribution in [3.63, 3.8) is 0 Å². The summed E-state index contributed by atoms with van der Waals surface area (Å²) in [4.78, 5) is 26.2. The molecule has 0 spiro atoms. The fourth-order valence-corrected chi connectivity index (χ4v) is 4.00. The van der Waals surface area contributed by atoms with E-state index in [1.807, 2.05) is 5.32 Å². The summed E-state index contributed by atoms with van der Waals surface area (Å²) in [7, 11) is 1.66. The highest BCUT2D eigenvalue weighted by Gasteiger charge is 2.34. The summed E-state index contributed by atoms with van der Waals surface area (Å²) in [5.74, 6) is 1.82. The van der Waals surface area contributed by atoms with Crippen LogP contribution in [0.15, 0.2) is 24.0 Å². The molecule has 16 heteroatoms. The Kier molecular flexibility index (Phi) is 9.73. The van der Waals surface area contributed by atoms with E-state index in [2.05, 4.69) is 16.2 Å². The van der Waals surface area contributed by atoms with E-state index in [1.165, 1.54) is 9.91 Å². The lowest BCUT2D eigenvalue weighted by Crippen LogP contribution is -2.44. The Balaban J connectivity index is 1.65. The number of ether oxygens (including phenoxy) is 1. The molecule has 2 fully saturated rings. The lowest BCUT2D eigenvalue weighted by molar-refractivity contribution is -0.133. The number of nitrogens with zero attached hydrogens (tertiary/aromatic N) is 3. The molecule has 2 saturated heterocycles. The number of rotatable bonds is 9. The van der Waals surface area contributed by atoms with Crippen molar-refractivity contribution in [3.05, 3.63) is 35.7 Å². The smallest absolute Gasteiger partial charge is 0.315 e. The van der Waals surface area contributed by atoms with E-state index in [0.717, 1.165) is 17.0 Å². The fourth-order valence-electron chi connectivity index (χ4n) is 4.00. The van der Waals surface area contributed by atoms with Crippen molar-refractivity contribution in [1.82, 2.24) is 26.5 Å². The Bertz CT molecular complexity index is 978. The summed E-state index contributed by atoms with van der Waals surface area (Å²) < 4.78 is 60.1. The molecule has 0 radical (unpaired) electrons. The molecule has 7 N–H and O–H groups in total. The Hall–Kier alpha value is -3.34. The van der Waals surface area contributed by atoms with Crippen LogP contribution in [0.25, 0.3) is 0 Å². The van der Waals surface area contributed by atoms with Gasteiger partial charge in [0, 0.05) is 45.1 Å². The molecule has 0 bridgehead atoms. The Labute approximate surface area is 210 Å². The van der Waals surface area contributed by atoms with Gasteiger partial charge in [0.25, 0.3) is 5.91 Å². The normalized spacial score (nSPS) is 20.8. The van der Waals surface area contributed by atoms with Crippen LogP contribution in [0.1, 0.15) is 6.42 Å². The van der Waals surface area contributed by atoms with Gasteiger partial charge < -0.3 is 35.7 Å². The summed E-state index contributed by atoms with van der Waals surface area (Å²) in [6.07, 6.45) is -4.15. The second-order valence-corrected chi connectivity index (χ2v) is 8.26. The third-order valence-electron chi connectivity index (χ3n) is 5.76. The maximum absolute atomic E-state index is 15.1. The number of aliphatic hydroxyl groups excluding tert-OH is 1. The lowest BCUT2D eigenvalue weighted by atomic mass is 10.2. The SMILES string of the molecule is CN/C=C(/CC(=O)N1CCN(c2c(F)cc(N3C[C@H](CNC(=O)C(F)F)OC3O)cc2F)CCN1)NN. The van der Waals surface area contributed by atoms with E-state index in [0.29, 0.717) is 5.70 Å². The van der Waals surface area contributed by atoms with E-state index in [-0.39, 0.29) is 63.0 Å². The van der Waals surface area contributed by atoms with Gasteiger partial charge in [-0.15, -0.1) is 0 Å². The number of nitrogens with two attached hydrogens (primary N) is 1. The number of amides is 2. The number of halogens is 4. The second-order valence-electron chi connectivity index (χ2n) is 8.26. The maximum Gasteiger partial charge on any atom is 0.315 e. The van der Waals surface area contributed by atoms with Crippen LogP contribution in [-0.2, 0) is 14.3 Å². The molecule has 1 aromatic carbocycles. The van der Waals surface area contributed by atoms with E-state index in [4.69, 9.17) is 10.6 Å². The quantitative estimate of drug-likeness (QED) is 0.131. The minimum Gasteiger partial charge on any atom is -0.393 e. The van der Waals surface area contributed by atoms with Gasteiger partial charge in [-0.1, -0.05) is 0 Å². The van der Waals surface area contributed by atoms with Crippen molar-refractivity contribution in [2.75, 3.05) is 56.1 Å². The number of hydrogen-bond acceptors (Lipinski definition) is 10. The highest BCUT2D eigenvalue weighted by molar-refractivity contribution is 5.79. The van der Waals surface area contributed by atoms with Crippen molar-refractivity contribution in [2.24, 2.45) is 5.84 Å². The zero-order chi connectivity index (χ0) is 27.1. The molecule has 1 unspecified atom stereocenters. The first kappa shape index (κ1) is 28.2. The summed E-state index contributed by atoms with van der Waals surface area (Å²) in [6.45, 7) is 0.291. The minimum absolute atomic E-state index is 0.0190. The van der Waals surface area contributed by atoms with Crippen LogP contribution in [0.3, 0.4) is 0 Å². The third-order valence-corrected chi connectivity index (χ3v) is 5.76. The van der Waals surface area contributed by atoms with Crippen LogP contribution in [-0.4, -0.2) is 87.2 Å². The van der Waals surface area contributed by atoms with Crippen molar-refractivity contribution >= 4 is 23.2 Å². The number of aliphatic hydroxyl groups is 1. The molecule has 0 aromatic heterocycles. The molecule has 1 aromatic rings. The molecule has 2 atom stereocenters. The Morgan fingerprint density at radius 1 is 1.27 bits per heavy atom. The number of alkyl halides is 2. The first-order valence-electron chi connectivity index (χ1n) is 11.4. The summed E-state index contributed by atoms with van der Waals surface area (Å²) in [6, 6.07) is 2.04. The Morgan fingerprint density at radius 3 is 2.59 bits per heavy atom. The van der Waals surface area contributed by atoms with Crippen LogP contribution in [0.4, 0.5) is 28.9 Å². The van der Waals surface area contributed by atoms with Crippen LogP contribution in [0.5, 0.6) is 0 Å². The highest BCUT2D eigenvalue weighted by atomic mass is 19.3. The second kappa shape index (κ2) is 12.8. The summed E-state index contributed by atoms with van der Waals surface area (Å²) in [5.41, 5.74) is 5.48. The molecule has 12 nitrogen and oxygen atoms in total. The van der Waals surface area contributed by atoms with Gasteiger partial charge in [0.2, 0.25) is 12.3 Å². The molecule has 3 rings (SSSR count). The van der Waals surface area contributed by atoms with E-state index >= 15 is 8.78 Å². The summed E-state index contributed by atoms with van der Waals surface area (Å²) >= 11 is 0. The zero-order valence-corrected chi connectivity index (χ0v) is 20.0. The number of carbonyl (C=O) groups excluding carboxylic acids is 2. The maximum atomic E-state index is 15.1. The summed E-state index contributed by atoms with van der Waals surface area (Å²) in [5, 5.41) is 16.2. The van der Waals surface area contributed by atoms with Gasteiger partial charge in [-0.25, -0.2) is 14.2 Å². The van der Waals surface area contributed by atoms with Gasteiger partial charge in [0.1, 0.15) is 5.69 Å². The average Bonchev–Trinajstić information content (AvgIpc) is 3.06. The van der Waals surface area contributed by atoms with E-state index in [1.54, 1.807) is 13.2 Å². The van der Waals surface area contributed by atoms with Crippen LogP contribution in [0.2, 0.25) is 0 Å². The monoisotopic (exact) mass is 534 g/mol. The number of benzene rings is 1. The van der Waals surface area contributed by atoms with Crippen LogP contribution >= 0.6 is 0 Å². The molecule has 2 aliphatic heterocycles. The van der Waals surface area contributed by atoms with Gasteiger partial charge in [0.05, 0.1) is 31.3 Å². The highest BCUT2D eigenvalue weighted by Crippen LogP contribution is 2.32. The molecule has 0 aliphatic carbocycles. The molecule has 37 heavy (non-hydrogen) atoms. The van der Waals surface area contributed by atoms with Crippen molar-refractivity contribution in [1.29, 1.82) is 0 Å². The molecular weight excluding hydrogens is 504 g/mol. The van der Waals surface area contributed by atoms with Crippen LogP contribution in [0, 0.1) is 11.6 Å². The number of hydrazine groups is 2. The number of hydrogen-bond donors (Lipinski definition) is 6. The van der Waals surface area contributed by atoms with Gasteiger partial charge in [-0.3, -0.25) is 20.4 Å². The molecule has 2 aliphatic rings. The van der Waals surface area contributed by atoms with Gasteiger partial charge in [-0.05, 0) is 12.1 Å². The van der Waals surface area contributed by atoms with Crippen molar-refractivity contribution in [2.45, 2.75) is 25.4 Å². The van der Waals surface area contributed by atoms with Gasteiger partial charge in [-0.2, -0.15) is 8.78 Å². The first-order chi connectivity index (χ1) is 17.6. The molecule has 2 heterocycles. The minimum atomic E-state index is -3.20. The number of carbonyl (C=O) groups is 2. The topological polar surface area (TPSA) is 147 Å². The largest absolute Gasteiger partial charge is 0.393 e. The molecule has 0 saturated carbocycles. The molecule has 206 valence electrons. The predicted molar refractivity (Wildman–Crippen MR) is 125 cm³/mol. The standard InChI is InChI=1S/C21H30F4N8O4/c1-27-9-12(30-26)6-17(34)33-5-4-31(3-2-29-33)18-15(22)7-13(8-16(18)23)32-11-14(37-21(32)36)10-28-20(35)19(24)25/h7-9,14,19,21,27,29-30,36H,2-6,10-11,26H2,1H3,(H,28,35)/b12-9-/t14-,21?/m0/s1. The van der Waals surface area contributed by atoms with Crippen molar-refractivity contribution in [3.8, 4) is 0 Å². The van der Waals surface area contributed by atoms with Crippen LogP contribution < -0.4 is 37.1 Å². The number of anilines is 2. The van der Waals surface area contributed by atoms with E-state index in [9.17, 15) is 23.5 Å². The molecular formula is C21H30F4N8O4. The first-order valence-corrected chi connectivity index (χ1v) is 11.4. The molecule has 2 amide bonds. The third kappa shape index (κ3) is 7.12. The zero-order valence-electron chi connectivity index (χ0n) is 20.0. The van der Waals surface area contributed by atoms with Gasteiger partial charge >= 0.3 is 6.43 Å². The van der Waals surface area contributed by atoms with E-state index < -0.39 is 36.5 Å². The fraction of sp³-hybridized carbons (Fsp3) is 0.524. The number of nitrogens with one attached hydrogen (secondary N) is 4.